The molecule has 1 aromatic rings. The molecule has 0 amide bonds. The van der Waals surface area contributed by atoms with Gasteiger partial charge in [-0.1, -0.05) is 35.9 Å². The van der Waals surface area contributed by atoms with E-state index in [9.17, 15) is 9.59 Å². The molecule has 2 unspecified atom stereocenters. The largest absolute Gasteiger partial charge is 0.289 e. The van der Waals surface area contributed by atoms with Crippen molar-refractivity contribution in [3.05, 3.63) is 58.7 Å². The van der Waals surface area contributed by atoms with E-state index in [4.69, 9.17) is 0 Å². The Labute approximate surface area is 119 Å². The van der Waals surface area contributed by atoms with E-state index in [1.54, 1.807) is 6.07 Å². The van der Waals surface area contributed by atoms with E-state index in [0.29, 0.717) is 5.56 Å². The predicted octanol–water partition coefficient (Wildman–Crippen LogP) is 3.58. The second-order valence-corrected chi connectivity index (χ2v) is 5.97. The first kappa shape index (κ1) is 13.0. The molecule has 0 aromatic heterocycles. The molecule has 3 rings (SSSR count). The third-order valence-corrected chi connectivity index (χ3v) is 4.79. The van der Waals surface area contributed by atoms with Gasteiger partial charge in [0, 0.05) is 5.56 Å². The first-order valence-corrected chi connectivity index (χ1v) is 6.99. The highest BCUT2D eigenvalue weighted by molar-refractivity contribution is 6.46. The smallest absolute Gasteiger partial charge is 0.229 e. The maximum absolute atomic E-state index is 12.6. The summed E-state index contributed by atoms with van der Waals surface area (Å²) >= 11 is 0. The fourth-order valence-corrected chi connectivity index (χ4v) is 3.11. The van der Waals surface area contributed by atoms with Crippen molar-refractivity contribution in [2.75, 3.05) is 0 Å². The van der Waals surface area contributed by atoms with Crippen LogP contribution >= 0.6 is 0 Å². The molecule has 2 aliphatic carbocycles. The third-order valence-electron chi connectivity index (χ3n) is 4.79. The summed E-state index contributed by atoms with van der Waals surface area (Å²) in [6.07, 6.45) is 6.76. The highest BCUT2D eigenvalue weighted by Gasteiger charge is 2.61. The molecule has 0 N–H and O–H groups in total. The Bertz CT molecular complexity index is 679. The van der Waals surface area contributed by atoms with Crippen LogP contribution in [0.4, 0.5) is 0 Å². The van der Waals surface area contributed by atoms with Gasteiger partial charge in [-0.05, 0) is 50.3 Å². The van der Waals surface area contributed by atoms with Crippen molar-refractivity contribution < 1.29 is 9.59 Å². The summed E-state index contributed by atoms with van der Waals surface area (Å²) in [6.45, 7) is 5.91. The summed E-state index contributed by atoms with van der Waals surface area (Å²) in [5.74, 6) is -0.377. The molecule has 0 spiro atoms. The van der Waals surface area contributed by atoms with Gasteiger partial charge in [0.2, 0.25) is 11.6 Å². The van der Waals surface area contributed by atoms with Crippen molar-refractivity contribution in [3.63, 3.8) is 0 Å². The third kappa shape index (κ3) is 1.71. The topological polar surface area (TPSA) is 34.1 Å². The lowest BCUT2D eigenvalue weighted by atomic mass is 9.83. The number of rotatable bonds is 3. The van der Waals surface area contributed by atoms with Crippen LogP contribution in [-0.2, 0) is 4.79 Å². The highest BCUT2D eigenvalue weighted by Crippen LogP contribution is 2.60. The van der Waals surface area contributed by atoms with E-state index in [0.717, 1.165) is 23.1 Å². The molecule has 0 radical (unpaired) electrons. The molecular weight excluding hydrogens is 248 g/mol. The Morgan fingerprint density at radius 1 is 1.15 bits per heavy atom. The van der Waals surface area contributed by atoms with Crippen molar-refractivity contribution in [3.8, 4) is 0 Å². The van der Waals surface area contributed by atoms with Gasteiger partial charge >= 0.3 is 0 Å². The van der Waals surface area contributed by atoms with Gasteiger partial charge in [-0.3, -0.25) is 9.59 Å². The number of fused-ring (bicyclic) bond motifs is 1. The first-order chi connectivity index (χ1) is 9.46. The van der Waals surface area contributed by atoms with Gasteiger partial charge in [0.25, 0.3) is 0 Å². The van der Waals surface area contributed by atoms with E-state index in [1.807, 2.05) is 51.1 Å². The standard InChI is InChI=1S/C18H18O2/c1-11-7-8-14(9-12(11)2)16(19)17(20)18-10-15(18)6-4-5-13(18)3/h4-9,15H,10H2,1-3H3. The molecule has 1 aromatic carbocycles. The maximum Gasteiger partial charge on any atom is 0.229 e. The minimum atomic E-state index is -0.537. The van der Waals surface area contributed by atoms with Gasteiger partial charge in [-0.15, -0.1) is 0 Å². The highest BCUT2D eigenvalue weighted by atomic mass is 16.2. The number of carbonyl (C=O) groups is 2. The molecule has 102 valence electrons. The number of carbonyl (C=O) groups excluding carboxylic acids is 2. The minimum absolute atomic E-state index is 0.218. The molecule has 2 nitrogen and oxygen atoms in total. The Hall–Kier alpha value is -1.96. The Kier molecular flexibility index (Phi) is 2.79. The Morgan fingerprint density at radius 3 is 2.55 bits per heavy atom. The second kappa shape index (κ2) is 4.27. The van der Waals surface area contributed by atoms with Crippen LogP contribution in [0.2, 0.25) is 0 Å². The Balaban J connectivity index is 1.92. The second-order valence-electron chi connectivity index (χ2n) is 5.97. The summed E-state index contributed by atoms with van der Waals surface area (Å²) < 4.78 is 0. The zero-order chi connectivity index (χ0) is 14.5. The molecular formula is C18H18O2. The lowest BCUT2D eigenvalue weighted by molar-refractivity contribution is -0.119. The van der Waals surface area contributed by atoms with Crippen molar-refractivity contribution in [2.24, 2.45) is 11.3 Å². The maximum atomic E-state index is 12.6. The summed E-state index contributed by atoms with van der Waals surface area (Å²) in [5, 5.41) is 0. The van der Waals surface area contributed by atoms with E-state index >= 15 is 0 Å². The van der Waals surface area contributed by atoms with Crippen LogP contribution in [0.25, 0.3) is 0 Å². The summed E-state index contributed by atoms with van der Waals surface area (Å²) in [4.78, 5) is 25.1. The van der Waals surface area contributed by atoms with Crippen LogP contribution in [0, 0.1) is 25.2 Å². The summed E-state index contributed by atoms with van der Waals surface area (Å²) in [7, 11) is 0. The number of aryl methyl sites for hydroxylation is 2. The average Bonchev–Trinajstić information content (AvgIpc) is 3.17. The quantitative estimate of drug-likeness (QED) is 0.619. The lowest BCUT2D eigenvalue weighted by Crippen LogP contribution is -2.28. The monoisotopic (exact) mass is 266 g/mol. The molecule has 0 saturated heterocycles. The molecule has 0 bridgehead atoms. The number of ketones is 2. The van der Waals surface area contributed by atoms with Crippen LogP contribution in [0.15, 0.2) is 42.0 Å². The fraction of sp³-hybridized carbons (Fsp3) is 0.333. The normalized spacial score (nSPS) is 26.8. The van der Waals surface area contributed by atoms with Gasteiger partial charge < -0.3 is 0 Å². The number of hydrogen-bond donors (Lipinski definition) is 0. The number of Topliss-reactive ketones (excluding diaryl/α,β-unsaturated/α-hetero) is 2. The SMILES string of the molecule is CC1=CC=CC2CC12C(=O)C(=O)c1ccc(C)c(C)c1. The van der Waals surface area contributed by atoms with Crippen molar-refractivity contribution >= 4 is 11.6 Å². The van der Waals surface area contributed by atoms with E-state index in [-0.39, 0.29) is 17.5 Å². The summed E-state index contributed by atoms with van der Waals surface area (Å²) in [5.41, 5.74) is 3.18. The van der Waals surface area contributed by atoms with Crippen LogP contribution in [-0.4, -0.2) is 11.6 Å². The van der Waals surface area contributed by atoms with Crippen LogP contribution < -0.4 is 0 Å². The molecule has 0 aliphatic heterocycles. The molecule has 2 aliphatic rings. The number of hydrogen-bond acceptors (Lipinski definition) is 2. The van der Waals surface area contributed by atoms with Gasteiger partial charge in [0.1, 0.15) is 0 Å². The first-order valence-electron chi connectivity index (χ1n) is 6.99. The van der Waals surface area contributed by atoms with Gasteiger partial charge in [0.05, 0.1) is 5.41 Å². The molecule has 2 atom stereocenters. The molecule has 2 heteroatoms. The van der Waals surface area contributed by atoms with E-state index in [1.165, 1.54) is 0 Å². The lowest BCUT2D eigenvalue weighted by Gasteiger charge is -2.17. The van der Waals surface area contributed by atoms with Crippen molar-refractivity contribution in [2.45, 2.75) is 27.2 Å². The van der Waals surface area contributed by atoms with E-state index < -0.39 is 5.41 Å². The van der Waals surface area contributed by atoms with Gasteiger partial charge in [-0.25, -0.2) is 0 Å². The predicted molar refractivity (Wildman–Crippen MR) is 78.7 cm³/mol. The van der Waals surface area contributed by atoms with Crippen molar-refractivity contribution in [1.29, 1.82) is 0 Å². The van der Waals surface area contributed by atoms with Crippen molar-refractivity contribution in [1.82, 2.24) is 0 Å². The summed E-state index contributed by atoms with van der Waals surface area (Å²) in [6, 6.07) is 5.48. The van der Waals surface area contributed by atoms with Crippen LogP contribution in [0.5, 0.6) is 0 Å². The fourth-order valence-electron chi connectivity index (χ4n) is 3.11. The molecule has 0 heterocycles. The van der Waals surface area contributed by atoms with Gasteiger partial charge in [-0.2, -0.15) is 0 Å². The van der Waals surface area contributed by atoms with Crippen LogP contribution in [0.3, 0.4) is 0 Å². The minimum Gasteiger partial charge on any atom is -0.289 e. The van der Waals surface area contributed by atoms with E-state index in [2.05, 4.69) is 0 Å². The average molecular weight is 266 g/mol. The number of benzene rings is 1. The zero-order valence-electron chi connectivity index (χ0n) is 12.1. The zero-order valence-corrected chi connectivity index (χ0v) is 12.1. The van der Waals surface area contributed by atoms with Crippen LogP contribution in [0.1, 0.15) is 34.8 Å². The number of allylic oxidation sites excluding steroid dienone is 4. The van der Waals surface area contributed by atoms with Gasteiger partial charge in [0.15, 0.2) is 0 Å². The molecule has 20 heavy (non-hydrogen) atoms. The Morgan fingerprint density at radius 2 is 1.90 bits per heavy atom. The molecule has 1 saturated carbocycles. The molecule has 1 fully saturated rings.